The van der Waals surface area contributed by atoms with Crippen molar-refractivity contribution in [3.63, 3.8) is 0 Å². The highest BCUT2D eigenvalue weighted by atomic mass is 14.2. The number of hydrogen-bond donors (Lipinski definition) is 0. The first-order valence-corrected chi connectivity index (χ1v) is 40.2. The average molecular weight is 1430 g/mol. The van der Waals surface area contributed by atoms with Crippen LogP contribution in [0.15, 0.2) is 261 Å². The van der Waals surface area contributed by atoms with Gasteiger partial charge in [-0.05, 0) is 236 Å². The Morgan fingerprint density at radius 1 is 0.290 bits per heavy atom. The highest BCUT2D eigenvalue weighted by Crippen LogP contribution is 2.23. The fourth-order valence-electron chi connectivity index (χ4n) is 11.7. The predicted octanol–water partition coefficient (Wildman–Crippen LogP) is 32.3. The normalized spacial score (nSPS) is 10.4. The van der Waals surface area contributed by atoms with Crippen LogP contribution in [0.1, 0.15) is 244 Å². The van der Waals surface area contributed by atoms with Gasteiger partial charge in [-0.15, -0.1) is 0 Å². The molecule has 1 atom stereocenters. The highest BCUT2D eigenvalue weighted by Gasteiger charge is 2.12. The maximum Gasteiger partial charge on any atom is -0.0132 e. The van der Waals surface area contributed by atoms with Crippen molar-refractivity contribution in [1.82, 2.24) is 0 Å². The molecule has 107 heavy (non-hydrogen) atoms. The molecule has 0 fully saturated rings. The molecular formula is C107H144. The Balaban J connectivity index is 0.000000403. The van der Waals surface area contributed by atoms with Crippen LogP contribution in [0.25, 0.3) is 21.5 Å². The minimum atomic E-state index is 0.285. The topological polar surface area (TPSA) is 0 Å². The van der Waals surface area contributed by atoms with Crippen molar-refractivity contribution in [3.8, 4) is 0 Å². The first-order valence-electron chi connectivity index (χ1n) is 40.2. The van der Waals surface area contributed by atoms with Gasteiger partial charge in [0.25, 0.3) is 0 Å². The Labute approximate surface area is 657 Å². The van der Waals surface area contributed by atoms with E-state index in [9.17, 15) is 0 Å². The van der Waals surface area contributed by atoms with Crippen LogP contribution in [-0.4, -0.2) is 0 Å². The molecule has 1 unspecified atom stereocenters. The predicted molar refractivity (Wildman–Crippen MR) is 484 cm³/mol. The largest absolute Gasteiger partial charge is 0.0683 e. The second kappa shape index (κ2) is 52.2. The maximum absolute atomic E-state index is 2.27. The van der Waals surface area contributed by atoms with Crippen molar-refractivity contribution in [3.05, 3.63) is 378 Å². The van der Waals surface area contributed by atoms with Crippen LogP contribution in [0.4, 0.5) is 0 Å². The molecule has 0 spiro atoms. The molecule has 0 heteroatoms. The number of benzene rings is 12. The van der Waals surface area contributed by atoms with E-state index in [1.807, 2.05) is 13.8 Å². The lowest BCUT2D eigenvalue weighted by Gasteiger charge is -2.18. The van der Waals surface area contributed by atoms with Crippen LogP contribution in [0.5, 0.6) is 0 Å². The Hall–Kier alpha value is -8.84. The van der Waals surface area contributed by atoms with Gasteiger partial charge in [0.05, 0.1) is 0 Å². The van der Waals surface area contributed by atoms with Gasteiger partial charge in [-0.3, -0.25) is 0 Å². The van der Waals surface area contributed by atoms with Gasteiger partial charge in [0.2, 0.25) is 0 Å². The molecule has 0 N–H and O–H groups in total. The van der Waals surface area contributed by atoms with E-state index < -0.39 is 0 Å². The molecule has 572 valence electrons. The van der Waals surface area contributed by atoms with E-state index in [4.69, 9.17) is 0 Å². The summed E-state index contributed by atoms with van der Waals surface area (Å²) in [5.41, 5.74) is 29.3. The number of fused-ring (bicyclic) bond motifs is 2. The molecule has 12 rings (SSSR count). The van der Waals surface area contributed by atoms with E-state index in [-0.39, 0.29) is 5.41 Å². The number of rotatable bonds is 10. The van der Waals surface area contributed by atoms with Crippen molar-refractivity contribution >= 4 is 21.5 Å². The van der Waals surface area contributed by atoms with E-state index in [1.165, 1.54) is 183 Å². The summed E-state index contributed by atoms with van der Waals surface area (Å²) in [5, 5.41) is 5.33. The molecule has 0 heterocycles. The lowest BCUT2D eigenvalue weighted by molar-refractivity contribution is 0.590. The second-order valence-electron chi connectivity index (χ2n) is 31.1. The van der Waals surface area contributed by atoms with Gasteiger partial charge in [0.15, 0.2) is 0 Å². The van der Waals surface area contributed by atoms with Crippen LogP contribution in [0.2, 0.25) is 0 Å². The smallest absolute Gasteiger partial charge is 0.0132 e. The highest BCUT2D eigenvalue weighted by molar-refractivity contribution is 5.85. The molecule has 0 aliphatic heterocycles. The van der Waals surface area contributed by atoms with Gasteiger partial charge in [0, 0.05) is 0 Å². The summed E-state index contributed by atoms with van der Waals surface area (Å²) in [6.07, 6.45) is 8.69. The zero-order chi connectivity index (χ0) is 80.0. The summed E-state index contributed by atoms with van der Waals surface area (Å²) in [5.74, 6) is 2.12. The molecule has 12 aromatic carbocycles. The Morgan fingerprint density at radius 3 is 1.06 bits per heavy atom. The summed E-state index contributed by atoms with van der Waals surface area (Å²) < 4.78 is 0. The molecule has 0 saturated carbocycles. The van der Waals surface area contributed by atoms with Gasteiger partial charge in [-0.1, -0.05) is 425 Å². The van der Waals surface area contributed by atoms with E-state index in [1.54, 1.807) is 0 Å². The summed E-state index contributed by atoms with van der Waals surface area (Å²) in [6.45, 7) is 60.6. The van der Waals surface area contributed by atoms with Crippen molar-refractivity contribution in [2.45, 2.75) is 256 Å². The first-order chi connectivity index (χ1) is 50.8. The van der Waals surface area contributed by atoms with Gasteiger partial charge >= 0.3 is 0 Å². The zero-order valence-corrected chi connectivity index (χ0v) is 72.5. The second-order valence-corrected chi connectivity index (χ2v) is 31.1. The molecule has 12 aromatic rings. The lowest BCUT2D eigenvalue weighted by atomic mass is 9.87. The summed E-state index contributed by atoms with van der Waals surface area (Å²) in [4.78, 5) is 0. The fraction of sp³-hybridized carbons (Fsp3) is 0.364. The third-order valence-corrected chi connectivity index (χ3v) is 18.6. The molecule has 0 nitrogen and oxygen atoms in total. The van der Waals surface area contributed by atoms with E-state index in [0.29, 0.717) is 11.8 Å². The van der Waals surface area contributed by atoms with E-state index in [2.05, 4.69) is 441 Å². The molecule has 0 radical (unpaired) electrons. The summed E-state index contributed by atoms with van der Waals surface area (Å²) in [6, 6.07) is 93.4. The quantitative estimate of drug-likeness (QED) is 0.128. The van der Waals surface area contributed by atoms with Crippen molar-refractivity contribution in [1.29, 1.82) is 0 Å². The number of hydrogen-bond acceptors (Lipinski definition) is 0. The van der Waals surface area contributed by atoms with Crippen molar-refractivity contribution in [2.24, 2.45) is 5.92 Å². The molecule has 0 amide bonds. The molecule has 0 saturated heterocycles. The first kappa shape index (κ1) is 94.2. The zero-order valence-electron chi connectivity index (χ0n) is 72.5. The molecule has 0 aliphatic rings. The van der Waals surface area contributed by atoms with Crippen LogP contribution in [0, 0.1) is 110 Å². The van der Waals surface area contributed by atoms with Crippen molar-refractivity contribution in [2.75, 3.05) is 0 Å². The number of aryl methyl sites for hydroxylation is 16. The van der Waals surface area contributed by atoms with Crippen molar-refractivity contribution < 1.29 is 0 Å². The summed E-state index contributed by atoms with van der Waals surface area (Å²) in [7, 11) is 0. The molecule has 0 aliphatic carbocycles. The van der Waals surface area contributed by atoms with Crippen LogP contribution in [-0.2, 0) is 24.7 Å². The number of unbranched alkanes of at least 4 members (excludes halogenated alkanes) is 1. The van der Waals surface area contributed by atoms with E-state index >= 15 is 0 Å². The maximum atomic E-state index is 2.27. The minimum Gasteiger partial charge on any atom is -0.0683 e. The molecule has 0 bridgehead atoms. The fourth-order valence-corrected chi connectivity index (χ4v) is 11.7. The minimum absolute atomic E-state index is 0.285. The monoisotopic (exact) mass is 1430 g/mol. The van der Waals surface area contributed by atoms with Gasteiger partial charge in [-0.25, -0.2) is 0 Å². The molecule has 0 aromatic heterocycles. The standard InChI is InChI=1S/2C11H10.4C11H16.3C10H14.C9H12.C2H6/c1-9-5-4-7-10-6-2-3-8-11(9)10;1-9-6-7-10-4-2-3-5-11(10)8-9;1-9-5-7-10(8-6-9)11(2,3)4;1-9(2)8-11-6-4-10(3)5-7-11;1-4-10(3)11-7-5-9(2)6-8-11;1-3-4-5-11-8-6-10(2)7-9-11;1-7-5-8(2)10(4)9(3)6-7;1-8(2)10-6-4-9(3)5-7-10;1-3-4-10-7-5-9(2)6-8-10;1-7-4-8(2)6-9(3)5-7;1-2/h2*2-8H,1H3;5-8H,1-4H3;4-7,9H,8H2,1-3H3;5-8,10H,4H2,1-3H3;6-9H,3-5H2,1-2H3;5-6H,1-4H3;4-8H,1-3H3;5-8H,3-4H2,1-2H3;4-6H,1-3H3;1-2H3. The summed E-state index contributed by atoms with van der Waals surface area (Å²) >= 11 is 0. The van der Waals surface area contributed by atoms with Gasteiger partial charge in [-0.2, -0.15) is 0 Å². The lowest BCUT2D eigenvalue weighted by Crippen LogP contribution is -2.10. The Morgan fingerprint density at radius 2 is 0.654 bits per heavy atom. The third kappa shape index (κ3) is 40.6. The van der Waals surface area contributed by atoms with Crippen LogP contribution < -0.4 is 0 Å². The average Bonchev–Trinajstić information content (AvgIpc) is 0.844. The van der Waals surface area contributed by atoms with Gasteiger partial charge in [0.1, 0.15) is 0 Å². The third-order valence-electron chi connectivity index (χ3n) is 18.6. The molecular weight excluding hydrogens is 1290 g/mol. The Kier molecular flexibility index (Phi) is 46.0. The van der Waals surface area contributed by atoms with Crippen LogP contribution in [0.3, 0.4) is 0 Å². The SMILES string of the molecule is CC.CCC(C)c1ccc(C)cc1.CCCCc1ccc(C)cc1.CCCc1ccc(C)cc1.Cc1cc(C)c(C)c(C)c1.Cc1cc(C)cc(C)c1.Cc1ccc(C(C)(C)C)cc1.Cc1ccc(C(C)C)cc1.Cc1ccc(CC(C)C)cc1.Cc1ccc2ccccc2c1.Cc1cccc2ccccc12. The van der Waals surface area contributed by atoms with Crippen LogP contribution >= 0.6 is 0 Å². The van der Waals surface area contributed by atoms with E-state index in [0.717, 1.165) is 5.92 Å². The van der Waals surface area contributed by atoms with Gasteiger partial charge < -0.3 is 0 Å². The Bertz CT molecular complexity index is 4190.